The van der Waals surface area contributed by atoms with Gasteiger partial charge in [-0.1, -0.05) is 74.4 Å². The predicted octanol–water partition coefficient (Wildman–Crippen LogP) is 8.57. The molecular weight excluding hydrogens is 581 g/mol. The van der Waals surface area contributed by atoms with E-state index in [0.717, 1.165) is 30.4 Å². The van der Waals surface area contributed by atoms with Crippen molar-refractivity contribution < 1.29 is 27.5 Å². The van der Waals surface area contributed by atoms with Gasteiger partial charge in [-0.25, -0.2) is 4.79 Å². The number of anilines is 2. The van der Waals surface area contributed by atoms with Gasteiger partial charge in [-0.15, -0.1) is 0 Å². The maximum Gasteiger partial charge on any atom is 0.432 e. The maximum atomic E-state index is 13.6. The van der Waals surface area contributed by atoms with E-state index in [1.807, 2.05) is 30.3 Å². The quantitative estimate of drug-likeness (QED) is 0.139. The number of allylic oxidation sites excluding steroid dienone is 1. The van der Waals surface area contributed by atoms with Gasteiger partial charge in [0, 0.05) is 30.9 Å². The minimum atomic E-state index is -4.95. The van der Waals surface area contributed by atoms with Gasteiger partial charge in [0.2, 0.25) is 0 Å². The first kappa shape index (κ1) is 34.9. The molecule has 3 N–H and O–H groups in total. The lowest BCUT2D eigenvalue weighted by Gasteiger charge is -2.24. The second-order valence-corrected chi connectivity index (χ2v) is 11.7. The number of benzene rings is 3. The first-order valence-electron chi connectivity index (χ1n) is 14.8. The van der Waals surface area contributed by atoms with Crippen LogP contribution < -0.4 is 15.5 Å². The number of nitrogens with one attached hydrogen (secondary N) is 3. The summed E-state index contributed by atoms with van der Waals surface area (Å²) in [5.74, 6) is -0.734. The SMILES string of the molecule is CCCCC(c1ccccc1)c1cccc(NC(=O)C(=CC(=N)C(F)(F)F)N(C)c2cccc(CNC(=O)OC(C)(C)C)c2)c1. The molecule has 240 valence electrons. The van der Waals surface area contributed by atoms with Crippen molar-refractivity contribution in [2.24, 2.45) is 0 Å². The highest BCUT2D eigenvalue weighted by atomic mass is 19.4. The molecule has 0 aliphatic carbocycles. The van der Waals surface area contributed by atoms with E-state index in [1.165, 1.54) is 11.9 Å². The number of hydrogen-bond donors (Lipinski definition) is 3. The van der Waals surface area contributed by atoms with Gasteiger partial charge in [0.1, 0.15) is 17.0 Å². The summed E-state index contributed by atoms with van der Waals surface area (Å²) in [5, 5.41) is 13.0. The van der Waals surface area contributed by atoms with E-state index in [-0.39, 0.29) is 18.2 Å². The van der Waals surface area contributed by atoms with Crippen LogP contribution in [0.15, 0.2) is 90.6 Å². The summed E-state index contributed by atoms with van der Waals surface area (Å²) >= 11 is 0. The van der Waals surface area contributed by atoms with Gasteiger partial charge in [0.15, 0.2) is 0 Å². The molecule has 3 aromatic carbocycles. The van der Waals surface area contributed by atoms with Crippen LogP contribution >= 0.6 is 0 Å². The second-order valence-electron chi connectivity index (χ2n) is 11.7. The topological polar surface area (TPSA) is 94.5 Å². The summed E-state index contributed by atoms with van der Waals surface area (Å²) in [5.41, 5.74) is 0.803. The number of nitrogens with zero attached hydrogens (tertiary/aromatic N) is 1. The molecule has 45 heavy (non-hydrogen) atoms. The summed E-state index contributed by atoms with van der Waals surface area (Å²) in [6, 6.07) is 23.9. The largest absolute Gasteiger partial charge is 0.444 e. The number of ether oxygens (including phenoxy) is 1. The highest BCUT2D eigenvalue weighted by Crippen LogP contribution is 2.32. The van der Waals surface area contributed by atoms with E-state index < -0.39 is 29.5 Å². The summed E-state index contributed by atoms with van der Waals surface area (Å²) in [6.07, 6.45) is -2.14. The molecule has 7 nitrogen and oxygen atoms in total. The molecule has 1 unspecified atom stereocenters. The molecule has 0 saturated carbocycles. The van der Waals surface area contributed by atoms with Crippen molar-refractivity contribution in [3.8, 4) is 0 Å². The Morgan fingerprint density at radius 3 is 2.27 bits per heavy atom. The molecule has 0 aliphatic heterocycles. The number of rotatable bonds is 12. The zero-order chi connectivity index (χ0) is 33.2. The second kappa shape index (κ2) is 15.4. The molecule has 1 atom stereocenters. The molecule has 10 heteroatoms. The summed E-state index contributed by atoms with van der Waals surface area (Å²) in [7, 11) is 1.45. The third-order valence-electron chi connectivity index (χ3n) is 6.91. The van der Waals surface area contributed by atoms with E-state index in [0.29, 0.717) is 23.0 Å². The lowest BCUT2D eigenvalue weighted by atomic mass is 9.87. The minimum absolute atomic E-state index is 0.0797. The van der Waals surface area contributed by atoms with Crippen LogP contribution in [0.5, 0.6) is 0 Å². The highest BCUT2D eigenvalue weighted by Gasteiger charge is 2.34. The molecule has 0 bridgehead atoms. The molecule has 0 radical (unpaired) electrons. The lowest BCUT2D eigenvalue weighted by Crippen LogP contribution is -2.32. The van der Waals surface area contributed by atoms with Crippen LogP contribution in [0.4, 0.5) is 29.3 Å². The van der Waals surface area contributed by atoms with Crippen LogP contribution in [0, 0.1) is 5.41 Å². The standard InChI is InChI=1S/C35H41F3N4O3/c1-6-7-19-29(25-14-9-8-10-15-25)26-16-12-17-27(21-26)41-32(43)30(22-31(39)35(36,37)38)42(5)28-18-11-13-24(20-28)23-40-33(44)45-34(2,3)4/h8-18,20-22,29,39H,6-7,19,23H2,1-5H3,(H,40,44)(H,41,43). The van der Waals surface area contributed by atoms with Crippen molar-refractivity contribution >= 4 is 29.1 Å². The monoisotopic (exact) mass is 622 g/mol. The molecule has 0 aliphatic rings. The Morgan fingerprint density at radius 1 is 0.956 bits per heavy atom. The van der Waals surface area contributed by atoms with Crippen molar-refractivity contribution in [2.75, 3.05) is 17.3 Å². The van der Waals surface area contributed by atoms with E-state index in [1.54, 1.807) is 57.2 Å². The zero-order valence-corrected chi connectivity index (χ0v) is 26.3. The lowest BCUT2D eigenvalue weighted by molar-refractivity contribution is -0.112. The molecule has 0 saturated heterocycles. The molecule has 2 amide bonds. The summed E-state index contributed by atoms with van der Waals surface area (Å²) in [4.78, 5) is 27.0. The number of alkyl carbamates (subject to hydrolysis) is 1. The average Bonchev–Trinajstić information content (AvgIpc) is 2.98. The van der Waals surface area contributed by atoms with Crippen LogP contribution in [0.2, 0.25) is 0 Å². The Morgan fingerprint density at radius 2 is 1.62 bits per heavy atom. The van der Waals surface area contributed by atoms with Crippen molar-refractivity contribution in [3.63, 3.8) is 0 Å². The number of unbranched alkanes of at least 4 members (excludes halogenated alkanes) is 1. The number of hydrogen-bond acceptors (Lipinski definition) is 5. The Labute approximate surface area is 263 Å². The van der Waals surface area contributed by atoms with Gasteiger partial charge >= 0.3 is 12.3 Å². The zero-order valence-electron chi connectivity index (χ0n) is 26.3. The van der Waals surface area contributed by atoms with Crippen LogP contribution in [0.1, 0.15) is 69.6 Å². The number of likely N-dealkylation sites (N-methyl/N-ethyl adjacent to an activating group) is 1. The van der Waals surface area contributed by atoms with Crippen molar-refractivity contribution in [3.05, 3.63) is 107 Å². The van der Waals surface area contributed by atoms with E-state index in [2.05, 4.69) is 29.7 Å². The van der Waals surface area contributed by atoms with E-state index in [4.69, 9.17) is 10.1 Å². The van der Waals surface area contributed by atoms with Crippen LogP contribution in [0.3, 0.4) is 0 Å². The molecule has 3 aromatic rings. The van der Waals surface area contributed by atoms with E-state index in [9.17, 15) is 22.8 Å². The fourth-order valence-electron chi connectivity index (χ4n) is 4.68. The Hall–Kier alpha value is -4.60. The molecule has 0 spiro atoms. The number of amides is 2. The maximum absolute atomic E-state index is 13.6. The van der Waals surface area contributed by atoms with Crippen molar-refractivity contribution in [1.29, 1.82) is 5.41 Å². The van der Waals surface area contributed by atoms with Gasteiger partial charge < -0.3 is 20.3 Å². The number of carbonyl (C=O) groups excluding carboxylic acids is 2. The van der Waals surface area contributed by atoms with Crippen molar-refractivity contribution in [2.45, 2.75) is 71.2 Å². The first-order valence-corrected chi connectivity index (χ1v) is 14.8. The van der Waals surface area contributed by atoms with Crippen LogP contribution in [0.25, 0.3) is 0 Å². The normalized spacial score (nSPS) is 12.7. The van der Waals surface area contributed by atoms with Gasteiger partial charge in [-0.05, 0) is 74.2 Å². The fraction of sp³-hybridized carbons (Fsp3) is 0.343. The fourth-order valence-corrected chi connectivity index (χ4v) is 4.68. The number of alkyl halides is 3. The third kappa shape index (κ3) is 10.8. The number of halogens is 3. The highest BCUT2D eigenvalue weighted by molar-refractivity contribution is 6.11. The van der Waals surface area contributed by atoms with Crippen molar-refractivity contribution in [1.82, 2.24) is 5.32 Å². The average molecular weight is 623 g/mol. The Bertz CT molecular complexity index is 1500. The molecular formula is C35H41F3N4O3. The smallest absolute Gasteiger partial charge is 0.432 e. The number of carbonyl (C=O) groups is 2. The summed E-state index contributed by atoms with van der Waals surface area (Å²) < 4.78 is 45.6. The Kier molecular flexibility index (Phi) is 11.9. The molecule has 0 fully saturated rings. The first-order chi connectivity index (χ1) is 21.2. The summed E-state index contributed by atoms with van der Waals surface area (Å²) in [6.45, 7) is 7.43. The molecule has 3 rings (SSSR count). The molecule has 0 aromatic heterocycles. The predicted molar refractivity (Wildman–Crippen MR) is 173 cm³/mol. The molecule has 0 heterocycles. The van der Waals surface area contributed by atoms with Gasteiger partial charge in [0.05, 0.1) is 0 Å². The van der Waals surface area contributed by atoms with Gasteiger partial charge in [-0.2, -0.15) is 13.2 Å². The Balaban J connectivity index is 1.89. The van der Waals surface area contributed by atoms with Gasteiger partial charge in [0.25, 0.3) is 5.91 Å². The van der Waals surface area contributed by atoms with Crippen LogP contribution in [-0.2, 0) is 16.1 Å². The van der Waals surface area contributed by atoms with E-state index >= 15 is 0 Å². The van der Waals surface area contributed by atoms with Crippen LogP contribution in [-0.4, -0.2) is 36.5 Å². The van der Waals surface area contributed by atoms with Gasteiger partial charge in [-0.3, -0.25) is 10.2 Å². The third-order valence-corrected chi connectivity index (χ3v) is 6.91. The minimum Gasteiger partial charge on any atom is -0.444 e.